The van der Waals surface area contributed by atoms with Gasteiger partial charge in [-0.15, -0.1) is 0 Å². The molecule has 1 heterocycles. The molecule has 0 saturated heterocycles. The number of methoxy groups -OCH3 is 2. The van der Waals surface area contributed by atoms with Crippen molar-refractivity contribution in [1.82, 2.24) is 10.1 Å². The number of nitrogens with zero attached hydrogens (tertiary/aromatic N) is 2. The number of carbonyl (C=O) groups excluding carboxylic acids is 1. The van der Waals surface area contributed by atoms with Crippen molar-refractivity contribution >= 4 is 17.6 Å². The van der Waals surface area contributed by atoms with Gasteiger partial charge in [0.2, 0.25) is 5.82 Å². The van der Waals surface area contributed by atoms with Crippen LogP contribution in [-0.4, -0.2) is 30.3 Å². The highest BCUT2D eigenvalue weighted by atomic mass is 16.5. The Bertz CT molecular complexity index is 1020. The van der Waals surface area contributed by atoms with Crippen LogP contribution < -0.4 is 14.6 Å². The molecule has 3 aromatic rings. The molecule has 7 heteroatoms. The van der Waals surface area contributed by atoms with Gasteiger partial charge in [0, 0.05) is 23.5 Å². The molecule has 2 aromatic carbocycles. The van der Waals surface area contributed by atoms with Crippen LogP contribution in [0.3, 0.4) is 0 Å². The van der Waals surface area contributed by atoms with Gasteiger partial charge in [0.05, 0.1) is 14.2 Å². The fourth-order valence-corrected chi connectivity index (χ4v) is 2.75. The molecular formula is C21H19N2O5-. The number of carbonyl (C=O) groups is 1. The van der Waals surface area contributed by atoms with Gasteiger partial charge < -0.3 is 23.9 Å². The molecule has 0 N–H and O–H groups in total. The van der Waals surface area contributed by atoms with Gasteiger partial charge in [-0.2, -0.15) is 4.98 Å². The Morgan fingerprint density at radius 1 is 1.14 bits per heavy atom. The zero-order chi connectivity index (χ0) is 20.1. The second-order valence-electron chi connectivity index (χ2n) is 6.13. The van der Waals surface area contributed by atoms with Gasteiger partial charge in [-0.25, -0.2) is 0 Å². The van der Waals surface area contributed by atoms with Crippen molar-refractivity contribution in [2.45, 2.75) is 13.3 Å². The summed E-state index contributed by atoms with van der Waals surface area (Å²) in [6.07, 6.45) is 1.36. The van der Waals surface area contributed by atoms with Gasteiger partial charge >= 0.3 is 0 Å². The Labute approximate surface area is 162 Å². The summed E-state index contributed by atoms with van der Waals surface area (Å²) in [6, 6.07) is 12.9. The summed E-state index contributed by atoms with van der Waals surface area (Å²) in [6.45, 7) is 1.96. The molecule has 0 saturated carbocycles. The third-order valence-corrected chi connectivity index (χ3v) is 4.06. The molecule has 0 fully saturated rings. The van der Waals surface area contributed by atoms with E-state index in [-0.39, 0.29) is 12.3 Å². The van der Waals surface area contributed by atoms with E-state index in [2.05, 4.69) is 10.1 Å². The molecule has 0 atom stereocenters. The number of carboxylic acid groups (broad SMARTS) is 1. The molecular weight excluding hydrogens is 360 g/mol. The lowest BCUT2D eigenvalue weighted by molar-refractivity contribution is -0.304. The summed E-state index contributed by atoms with van der Waals surface area (Å²) in [5.74, 6) is 0.299. The summed E-state index contributed by atoms with van der Waals surface area (Å²) in [5, 5.41) is 15.2. The van der Waals surface area contributed by atoms with Crippen LogP contribution in [0.2, 0.25) is 0 Å². The van der Waals surface area contributed by atoms with E-state index in [0.717, 1.165) is 11.1 Å². The lowest BCUT2D eigenvalue weighted by Crippen LogP contribution is -2.22. The SMILES string of the molecule is COc1ccc(-c2noc(/C(=C/c3cccc(C)c3)CC(=O)[O-])n2)cc1OC. The van der Waals surface area contributed by atoms with Crippen molar-refractivity contribution in [3.8, 4) is 22.9 Å². The lowest BCUT2D eigenvalue weighted by atomic mass is 10.1. The van der Waals surface area contributed by atoms with Crippen LogP contribution in [0.25, 0.3) is 23.0 Å². The maximum absolute atomic E-state index is 11.2. The quantitative estimate of drug-likeness (QED) is 0.622. The predicted molar refractivity (Wildman–Crippen MR) is 102 cm³/mol. The summed E-state index contributed by atoms with van der Waals surface area (Å²) >= 11 is 0. The Morgan fingerprint density at radius 2 is 1.93 bits per heavy atom. The average Bonchev–Trinajstić information content (AvgIpc) is 3.17. The maximum atomic E-state index is 11.2. The van der Waals surface area contributed by atoms with Crippen molar-refractivity contribution in [3.05, 3.63) is 59.5 Å². The first kappa shape index (κ1) is 19.2. The minimum atomic E-state index is -1.23. The molecule has 28 heavy (non-hydrogen) atoms. The largest absolute Gasteiger partial charge is 0.550 e. The third-order valence-electron chi connectivity index (χ3n) is 4.06. The average molecular weight is 379 g/mol. The third kappa shape index (κ3) is 4.37. The molecule has 0 aliphatic heterocycles. The van der Waals surface area contributed by atoms with Crippen LogP contribution in [0.1, 0.15) is 23.4 Å². The van der Waals surface area contributed by atoms with Crippen LogP contribution in [0, 0.1) is 6.92 Å². The fraction of sp³-hybridized carbons (Fsp3) is 0.190. The molecule has 0 bridgehead atoms. The number of carboxylic acids is 1. The number of benzene rings is 2. The number of ether oxygens (including phenoxy) is 2. The zero-order valence-corrected chi connectivity index (χ0v) is 15.8. The van der Waals surface area contributed by atoms with Crippen molar-refractivity contribution < 1.29 is 23.9 Å². The van der Waals surface area contributed by atoms with E-state index in [1.54, 1.807) is 31.4 Å². The number of rotatable bonds is 7. The number of aliphatic carboxylic acids is 1. The molecule has 0 aliphatic carbocycles. The van der Waals surface area contributed by atoms with Crippen LogP contribution in [-0.2, 0) is 4.79 Å². The second kappa shape index (κ2) is 8.39. The molecule has 0 aliphatic rings. The standard InChI is InChI=1S/C21H20N2O5/c1-13-5-4-6-14(9-13)10-16(12-19(24)25)21-22-20(23-28-21)15-7-8-17(26-2)18(11-15)27-3/h4-11H,12H2,1-3H3,(H,24,25)/p-1/b16-10+. The minimum absolute atomic E-state index is 0.121. The summed E-state index contributed by atoms with van der Waals surface area (Å²) in [4.78, 5) is 15.5. The van der Waals surface area contributed by atoms with E-state index >= 15 is 0 Å². The number of hydrogen-bond acceptors (Lipinski definition) is 7. The van der Waals surface area contributed by atoms with E-state index in [4.69, 9.17) is 14.0 Å². The maximum Gasteiger partial charge on any atom is 0.254 e. The number of hydrogen-bond donors (Lipinski definition) is 0. The van der Waals surface area contributed by atoms with Gasteiger partial charge in [-0.05, 0) is 36.8 Å². The summed E-state index contributed by atoms with van der Waals surface area (Å²) < 4.78 is 15.8. The highest BCUT2D eigenvalue weighted by molar-refractivity contribution is 5.88. The summed E-state index contributed by atoms with van der Waals surface area (Å²) in [7, 11) is 3.08. The number of aryl methyl sites for hydroxylation is 1. The molecule has 7 nitrogen and oxygen atoms in total. The molecule has 3 rings (SSSR count). The smallest absolute Gasteiger partial charge is 0.254 e. The van der Waals surface area contributed by atoms with Crippen LogP contribution in [0.4, 0.5) is 0 Å². The fourth-order valence-electron chi connectivity index (χ4n) is 2.75. The molecule has 0 spiro atoms. The van der Waals surface area contributed by atoms with Crippen LogP contribution in [0.5, 0.6) is 11.5 Å². The van der Waals surface area contributed by atoms with Crippen LogP contribution in [0.15, 0.2) is 47.0 Å². The highest BCUT2D eigenvalue weighted by Gasteiger charge is 2.15. The first-order valence-corrected chi connectivity index (χ1v) is 8.53. The monoisotopic (exact) mass is 379 g/mol. The molecule has 0 unspecified atom stereocenters. The first-order chi connectivity index (χ1) is 13.5. The number of aromatic nitrogens is 2. The van der Waals surface area contributed by atoms with Crippen molar-refractivity contribution in [1.29, 1.82) is 0 Å². The normalized spacial score (nSPS) is 11.3. The van der Waals surface area contributed by atoms with Gasteiger partial charge in [0.1, 0.15) is 0 Å². The molecule has 0 amide bonds. The van der Waals surface area contributed by atoms with Gasteiger partial charge in [-0.3, -0.25) is 0 Å². The molecule has 144 valence electrons. The van der Waals surface area contributed by atoms with E-state index < -0.39 is 5.97 Å². The van der Waals surface area contributed by atoms with Gasteiger partial charge in [-0.1, -0.05) is 35.0 Å². The van der Waals surface area contributed by atoms with E-state index in [1.807, 2.05) is 31.2 Å². The summed E-state index contributed by atoms with van der Waals surface area (Å²) in [5.41, 5.74) is 2.90. The van der Waals surface area contributed by atoms with Crippen molar-refractivity contribution in [2.75, 3.05) is 14.2 Å². The Kier molecular flexibility index (Phi) is 5.74. The highest BCUT2D eigenvalue weighted by Crippen LogP contribution is 2.32. The van der Waals surface area contributed by atoms with E-state index in [1.165, 1.54) is 7.11 Å². The van der Waals surface area contributed by atoms with Crippen molar-refractivity contribution in [3.63, 3.8) is 0 Å². The van der Waals surface area contributed by atoms with E-state index in [9.17, 15) is 9.90 Å². The molecule has 1 aromatic heterocycles. The Morgan fingerprint density at radius 3 is 2.61 bits per heavy atom. The molecule has 0 radical (unpaired) electrons. The second-order valence-corrected chi connectivity index (χ2v) is 6.13. The topological polar surface area (TPSA) is 97.5 Å². The lowest BCUT2D eigenvalue weighted by Gasteiger charge is -2.07. The van der Waals surface area contributed by atoms with Gasteiger partial charge in [0.15, 0.2) is 11.5 Å². The van der Waals surface area contributed by atoms with Crippen molar-refractivity contribution in [2.24, 2.45) is 0 Å². The Hall–Kier alpha value is -3.61. The minimum Gasteiger partial charge on any atom is -0.550 e. The zero-order valence-electron chi connectivity index (χ0n) is 15.8. The van der Waals surface area contributed by atoms with Gasteiger partial charge in [0.25, 0.3) is 5.89 Å². The van der Waals surface area contributed by atoms with E-state index in [0.29, 0.717) is 28.5 Å². The predicted octanol–water partition coefficient (Wildman–Crippen LogP) is 2.74. The first-order valence-electron chi connectivity index (χ1n) is 8.53. The van der Waals surface area contributed by atoms with Crippen LogP contribution >= 0.6 is 0 Å². The Balaban J connectivity index is 1.98.